The first kappa shape index (κ1) is 9.86. The van der Waals surface area contributed by atoms with Gasteiger partial charge in [0.15, 0.2) is 0 Å². The molecule has 0 aliphatic rings. The van der Waals surface area contributed by atoms with E-state index in [4.69, 9.17) is 5.73 Å². The largest absolute Gasteiger partial charge is 0.327 e. The van der Waals surface area contributed by atoms with Crippen molar-refractivity contribution in [3.05, 3.63) is 48.3 Å². The smallest absolute Gasteiger partial charge is 0.0952 e. The van der Waals surface area contributed by atoms with E-state index in [1.807, 2.05) is 29.7 Å². The number of nitrogens with two attached hydrogens (primary N) is 1. The minimum atomic E-state index is -0.00351. The van der Waals surface area contributed by atoms with Gasteiger partial charge in [0.2, 0.25) is 0 Å². The summed E-state index contributed by atoms with van der Waals surface area (Å²) in [6.07, 6.45) is 5.37. The van der Waals surface area contributed by atoms with Crippen molar-refractivity contribution in [2.75, 3.05) is 0 Å². The van der Waals surface area contributed by atoms with E-state index >= 15 is 0 Å². The molecule has 0 saturated carbocycles. The summed E-state index contributed by atoms with van der Waals surface area (Å²) in [4.78, 5) is 8.36. The highest BCUT2D eigenvalue weighted by atomic mass is 15.1. The summed E-state index contributed by atoms with van der Waals surface area (Å²) in [5, 5.41) is 0. The predicted molar refractivity (Wildman–Crippen MR) is 58.2 cm³/mol. The molecule has 2 aromatic heterocycles. The lowest BCUT2D eigenvalue weighted by atomic mass is 10.2. The maximum absolute atomic E-state index is 5.83. The van der Waals surface area contributed by atoms with Crippen LogP contribution in [0.1, 0.15) is 24.4 Å². The molecule has 0 unspecified atom stereocenters. The van der Waals surface area contributed by atoms with Crippen LogP contribution in [0.2, 0.25) is 0 Å². The van der Waals surface area contributed by atoms with Gasteiger partial charge < -0.3 is 10.3 Å². The van der Waals surface area contributed by atoms with Crippen molar-refractivity contribution in [3.8, 4) is 0 Å². The molecule has 0 fully saturated rings. The maximum atomic E-state index is 5.83. The minimum Gasteiger partial charge on any atom is -0.327 e. The first-order valence-corrected chi connectivity index (χ1v) is 4.93. The van der Waals surface area contributed by atoms with E-state index in [0.29, 0.717) is 0 Å². The van der Waals surface area contributed by atoms with Crippen molar-refractivity contribution in [1.29, 1.82) is 0 Å². The summed E-state index contributed by atoms with van der Waals surface area (Å²) in [5.74, 6) is 0. The number of aromatic nitrogens is 3. The third-order valence-corrected chi connectivity index (χ3v) is 2.27. The Labute approximate surface area is 88.8 Å². The second kappa shape index (κ2) is 4.23. The number of imidazole rings is 1. The van der Waals surface area contributed by atoms with Crippen molar-refractivity contribution < 1.29 is 0 Å². The van der Waals surface area contributed by atoms with Crippen molar-refractivity contribution in [3.63, 3.8) is 0 Å². The minimum absolute atomic E-state index is 0.00351. The summed E-state index contributed by atoms with van der Waals surface area (Å²) in [5.41, 5.74) is 7.87. The van der Waals surface area contributed by atoms with Gasteiger partial charge in [-0.1, -0.05) is 6.07 Å². The monoisotopic (exact) mass is 202 g/mol. The molecule has 0 spiro atoms. The van der Waals surface area contributed by atoms with E-state index in [1.165, 1.54) is 0 Å². The van der Waals surface area contributed by atoms with Crippen LogP contribution in [0, 0.1) is 0 Å². The molecule has 4 nitrogen and oxygen atoms in total. The summed E-state index contributed by atoms with van der Waals surface area (Å²) >= 11 is 0. The molecule has 2 N–H and O–H groups in total. The predicted octanol–water partition coefficient (Wildman–Crippen LogP) is 1.35. The SMILES string of the molecule is C[C@H](N)c1cncn1Cc1ccccn1. The average molecular weight is 202 g/mol. The van der Waals surface area contributed by atoms with Crippen molar-refractivity contribution in [2.24, 2.45) is 5.73 Å². The van der Waals surface area contributed by atoms with Gasteiger partial charge >= 0.3 is 0 Å². The van der Waals surface area contributed by atoms with Crippen LogP contribution in [0.5, 0.6) is 0 Å². The van der Waals surface area contributed by atoms with E-state index in [2.05, 4.69) is 9.97 Å². The normalized spacial score (nSPS) is 12.7. The molecule has 2 aromatic rings. The van der Waals surface area contributed by atoms with Gasteiger partial charge in [-0.25, -0.2) is 4.98 Å². The Balaban J connectivity index is 2.21. The van der Waals surface area contributed by atoms with Crippen molar-refractivity contribution in [2.45, 2.75) is 19.5 Å². The second-order valence-electron chi connectivity index (χ2n) is 3.56. The Kier molecular flexibility index (Phi) is 2.78. The third-order valence-electron chi connectivity index (χ3n) is 2.27. The van der Waals surface area contributed by atoms with Gasteiger partial charge in [0.05, 0.1) is 24.3 Å². The fraction of sp³-hybridized carbons (Fsp3) is 0.273. The fourth-order valence-corrected chi connectivity index (χ4v) is 1.51. The Morgan fingerprint density at radius 1 is 1.47 bits per heavy atom. The molecule has 4 heteroatoms. The molecule has 78 valence electrons. The number of nitrogens with zero attached hydrogens (tertiary/aromatic N) is 3. The molecule has 1 atom stereocenters. The molecular formula is C11H14N4. The van der Waals surface area contributed by atoms with Gasteiger partial charge in [0.25, 0.3) is 0 Å². The van der Waals surface area contributed by atoms with Crippen LogP contribution in [0.3, 0.4) is 0 Å². The Bertz CT molecular complexity index is 419. The van der Waals surface area contributed by atoms with Gasteiger partial charge in [-0.3, -0.25) is 4.98 Å². The van der Waals surface area contributed by atoms with Crippen molar-refractivity contribution >= 4 is 0 Å². The highest BCUT2D eigenvalue weighted by Crippen LogP contribution is 2.10. The van der Waals surface area contributed by atoms with E-state index < -0.39 is 0 Å². The lowest BCUT2D eigenvalue weighted by Gasteiger charge is -2.09. The number of hydrogen-bond acceptors (Lipinski definition) is 3. The molecule has 0 bridgehead atoms. The average Bonchev–Trinajstić information content (AvgIpc) is 2.67. The van der Waals surface area contributed by atoms with Crippen LogP contribution in [-0.4, -0.2) is 14.5 Å². The van der Waals surface area contributed by atoms with E-state index in [9.17, 15) is 0 Å². The zero-order chi connectivity index (χ0) is 10.7. The zero-order valence-corrected chi connectivity index (χ0v) is 8.67. The number of rotatable bonds is 3. The van der Waals surface area contributed by atoms with Crippen LogP contribution in [0.15, 0.2) is 36.9 Å². The Hall–Kier alpha value is -1.68. The van der Waals surface area contributed by atoms with Crippen molar-refractivity contribution in [1.82, 2.24) is 14.5 Å². The summed E-state index contributed by atoms with van der Waals surface area (Å²) in [6, 6.07) is 5.87. The number of hydrogen-bond donors (Lipinski definition) is 1. The maximum Gasteiger partial charge on any atom is 0.0952 e. The standard InChI is InChI=1S/C11H14N4/c1-9(12)11-6-13-8-15(11)7-10-4-2-3-5-14-10/h2-6,8-9H,7,12H2,1H3/t9-/m0/s1. The second-order valence-corrected chi connectivity index (χ2v) is 3.56. The van der Waals surface area contributed by atoms with Gasteiger partial charge in [-0.15, -0.1) is 0 Å². The van der Waals surface area contributed by atoms with E-state index in [0.717, 1.165) is 17.9 Å². The van der Waals surface area contributed by atoms with Crippen LogP contribution >= 0.6 is 0 Å². The highest BCUT2D eigenvalue weighted by molar-refractivity contribution is 5.09. The molecule has 0 aliphatic heterocycles. The number of pyridine rings is 1. The Morgan fingerprint density at radius 3 is 3.00 bits per heavy atom. The van der Waals surface area contributed by atoms with E-state index in [1.54, 1.807) is 18.7 Å². The quantitative estimate of drug-likeness (QED) is 0.817. The van der Waals surface area contributed by atoms with Gasteiger partial charge in [0, 0.05) is 18.4 Å². The Morgan fingerprint density at radius 2 is 2.33 bits per heavy atom. The first-order chi connectivity index (χ1) is 7.27. The molecule has 0 radical (unpaired) electrons. The molecule has 0 aliphatic carbocycles. The molecular weight excluding hydrogens is 188 g/mol. The molecule has 0 aromatic carbocycles. The molecule has 2 heterocycles. The molecule has 0 amide bonds. The molecule has 15 heavy (non-hydrogen) atoms. The summed E-state index contributed by atoms with van der Waals surface area (Å²) in [7, 11) is 0. The van der Waals surface area contributed by atoms with Crippen LogP contribution in [0.4, 0.5) is 0 Å². The lowest BCUT2D eigenvalue weighted by Crippen LogP contribution is -2.12. The van der Waals surface area contributed by atoms with Crippen LogP contribution in [-0.2, 0) is 6.54 Å². The van der Waals surface area contributed by atoms with Gasteiger partial charge in [-0.05, 0) is 19.1 Å². The summed E-state index contributed by atoms with van der Waals surface area (Å²) < 4.78 is 2.02. The van der Waals surface area contributed by atoms with E-state index in [-0.39, 0.29) is 6.04 Å². The topological polar surface area (TPSA) is 56.7 Å². The fourth-order valence-electron chi connectivity index (χ4n) is 1.51. The third kappa shape index (κ3) is 2.22. The van der Waals surface area contributed by atoms with Gasteiger partial charge in [0.1, 0.15) is 0 Å². The zero-order valence-electron chi connectivity index (χ0n) is 8.67. The van der Waals surface area contributed by atoms with Crippen LogP contribution in [0.25, 0.3) is 0 Å². The first-order valence-electron chi connectivity index (χ1n) is 4.93. The lowest BCUT2D eigenvalue weighted by molar-refractivity contribution is 0.666. The van der Waals surface area contributed by atoms with Crippen LogP contribution < -0.4 is 5.73 Å². The highest BCUT2D eigenvalue weighted by Gasteiger charge is 2.06. The van der Waals surface area contributed by atoms with Gasteiger partial charge in [-0.2, -0.15) is 0 Å². The molecule has 0 saturated heterocycles. The summed E-state index contributed by atoms with van der Waals surface area (Å²) in [6.45, 7) is 2.67. The molecule has 2 rings (SSSR count).